The van der Waals surface area contributed by atoms with E-state index < -0.39 is 6.09 Å². The molecule has 0 bridgehead atoms. The Balaban J connectivity index is 1.72. The van der Waals surface area contributed by atoms with Gasteiger partial charge in [-0.1, -0.05) is 0 Å². The summed E-state index contributed by atoms with van der Waals surface area (Å²) in [7, 11) is 3.16. The molecular formula is C18H24N4O5. The van der Waals surface area contributed by atoms with E-state index in [9.17, 15) is 9.59 Å². The van der Waals surface area contributed by atoms with Gasteiger partial charge < -0.3 is 24.5 Å². The normalized spacial score (nSPS) is 20.5. The largest absolute Gasteiger partial charge is 0.497 e. The minimum atomic E-state index is -1.04. The summed E-state index contributed by atoms with van der Waals surface area (Å²) in [6.07, 6.45) is 0.723. The van der Waals surface area contributed by atoms with Gasteiger partial charge in [0.25, 0.3) is 5.56 Å². The predicted molar refractivity (Wildman–Crippen MR) is 99.4 cm³/mol. The summed E-state index contributed by atoms with van der Waals surface area (Å²) >= 11 is 0. The van der Waals surface area contributed by atoms with Crippen molar-refractivity contribution in [1.29, 1.82) is 0 Å². The molecule has 0 spiro atoms. The van der Waals surface area contributed by atoms with Gasteiger partial charge in [0, 0.05) is 39.4 Å². The smallest absolute Gasteiger partial charge is 0.404 e. The Morgan fingerprint density at radius 2 is 2.19 bits per heavy atom. The van der Waals surface area contributed by atoms with Crippen LogP contribution < -0.4 is 15.6 Å². The number of aromatic nitrogens is 2. The number of hydrogen-bond donors (Lipinski definition) is 2. The van der Waals surface area contributed by atoms with Crippen LogP contribution in [0.15, 0.2) is 29.2 Å². The summed E-state index contributed by atoms with van der Waals surface area (Å²) < 4.78 is 12.4. The number of carboxylic acid groups (broad SMARTS) is 1. The zero-order valence-corrected chi connectivity index (χ0v) is 15.4. The number of piperidine rings is 1. The molecule has 2 N–H and O–H groups in total. The van der Waals surface area contributed by atoms with E-state index in [1.54, 1.807) is 18.8 Å². The molecule has 2 aromatic rings. The summed E-state index contributed by atoms with van der Waals surface area (Å²) in [6.45, 7) is 2.47. The van der Waals surface area contributed by atoms with Crippen molar-refractivity contribution in [1.82, 2.24) is 19.8 Å². The number of nitrogens with zero attached hydrogens (tertiary/aromatic N) is 3. The number of methoxy groups -OCH3 is 2. The Morgan fingerprint density at radius 1 is 1.37 bits per heavy atom. The number of amides is 1. The molecule has 2 atom stereocenters. The highest BCUT2D eigenvalue weighted by molar-refractivity contribution is 5.76. The van der Waals surface area contributed by atoms with Crippen molar-refractivity contribution < 1.29 is 19.4 Å². The van der Waals surface area contributed by atoms with Crippen molar-refractivity contribution in [3.63, 3.8) is 0 Å². The molecule has 0 radical (unpaired) electrons. The lowest BCUT2D eigenvalue weighted by atomic mass is 10.0. The predicted octanol–water partition coefficient (Wildman–Crippen LogP) is 0.762. The van der Waals surface area contributed by atoms with Crippen molar-refractivity contribution in [3.05, 3.63) is 34.7 Å². The number of rotatable bonds is 6. The number of ether oxygens (including phenoxy) is 2. The van der Waals surface area contributed by atoms with Crippen molar-refractivity contribution in [2.75, 3.05) is 33.9 Å². The van der Waals surface area contributed by atoms with Gasteiger partial charge in [0.15, 0.2) is 0 Å². The lowest BCUT2D eigenvalue weighted by Crippen LogP contribution is -2.55. The SMILES string of the molecule is COc1ccc2ncc(=O)n(CCN3CC[C@H](NC(=O)O)[C@@H](OC)C3)c2c1. The first-order chi connectivity index (χ1) is 13.0. The highest BCUT2D eigenvalue weighted by atomic mass is 16.5. The first-order valence-corrected chi connectivity index (χ1v) is 8.80. The van der Waals surface area contributed by atoms with E-state index in [0.29, 0.717) is 31.8 Å². The second kappa shape index (κ2) is 8.36. The third-order valence-corrected chi connectivity index (χ3v) is 4.95. The van der Waals surface area contributed by atoms with Crippen molar-refractivity contribution in [2.24, 2.45) is 0 Å². The molecule has 0 unspecified atom stereocenters. The second-order valence-electron chi connectivity index (χ2n) is 6.52. The molecule has 27 heavy (non-hydrogen) atoms. The maximum atomic E-state index is 12.3. The van der Waals surface area contributed by atoms with Gasteiger partial charge in [0.05, 0.1) is 36.5 Å². The average Bonchev–Trinajstić information content (AvgIpc) is 2.67. The maximum absolute atomic E-state index is 12.3. The summed E-state index contributed by atoms with van der Waals surface area (Å²) in [5.41, 5.74) is 1.29. The van der Waals surface area contributed by atoms with Gasteiger partial charge in [-0.25, -0.2) is 9.78 Å². The zero-order valence-electron chi connectivity index (χ0n) is 15.4. The summed E-state index contributed by atoms with van der Waals surface area (Å²) in [6, 6.07) is 5.23. The standard InChI is InChI=1S/C18H24N4O5/c1-26-12-3-4-13-15(9-12)22(17(23)10-19-13)8-7-21-6-5-14(20-18(24)25)16(11-21)27-2/h3-4,9-10,14,16,20H,5-8,11H2,1-2H3,(H,24,25)/t14-,16-/m0/s1. The monoisotopic (exact) mass is 376 g/mol. The van der Waals surface area contributed by atoms with E-state index >= 15 is 0 Å². The number of carbonyl (C=O) groups is 1. The molecule has 3 rings (SSSR count). The second-order valence-corrected chi connectivity index (χ2v) is 6.52. The topological polar surface area (TPSA) is 106 Å². The van der Waals surface area contributed by atoms with E-state index in [0.717, 1.165) is 17.6 Å². The molecule has 1 amide bonds. The molecule has 1 saturated heterocycles. The molecule has 1 aromatic carbocycles. The van der Waals surface area contributed by atoms with Crippen LogP contribution in [0.5, 0.6) is 5.75 Å². The highest BCUT2D eigenvalue weighted by Crippen LogP contribution is 2.18. The maximum Gasteiger partial charge on any atom is 0.404 e. The third kappa shape index (κ3) is 4.37. The fraction of sp³-hybridized carbons (Fsp3) is 0.500. The fourth-order valence-corrected chi connectivity index (χ4v) is 3.49. The Hall–Kier alpha value is -2.65. The molecule has 9 nitrogen and oxygen atoms in total. The Labute approximate surface area is 156 Å². The van der Waals surface area contributed by atoms with Gasteiger partial charge in [0.1, 0.15) is 5.75 Å². The summed E-state index contributed by atoms with van der Waals surface area (Å²) in [5, 5.41) is 11.4. The average molecular weight is 376 g/mol. The van der Waals surface area contributed by atoms with Crippen LogP contribution in [0.2, 0.25) is 0 Å². The molecule has 0 saturated carbocycles. The first-order valence-electron chi connectivity index (χ1n) is 8.80. The van der Waals surface area contributed by atoms with E-state index in [1.807, 2.05) is 18.2 Å². The zero-order chi connectivity index (χ0) is 19.4. The number of likely N-dealkylation sites (tertiary alicyclic amines) is 1. The minimum absolute atomic E-state index is 0.165. The van der Waals surface area contributed by atoms with Crippen LogP contribution in [0.3, 0.4) is 0 Å². The van der Waals surface area contributed by atoms with Gasteiger partial charge in [-0.2, -0.15) is 0 Å². The molecule has 1 fully saturated rings. The van der Waals surface area contributed by atoms with Crippen molar-refractivity contribution >= 4 is 17.1 Å². The van der Waals surface area contributed by atoms with Gasteiger partial charge in [-0.05, 0) is 18.6 Å². The molecule has 146 valence electrons. The minimum Gasteiger partial charge on any atom is -0.497 e. The van der Waals surface area contributed by atoms with Gasteiger partial charge in [-0.3, -0.25) is 9.69 Å². The number of nitrogens with one attached hydrogen (secondary N) is 1. The van der Waals surface area contributed by atoms with E-state index in [4.69, 9.17) is 14.6 Å². The van der Waals surface area contributed by atoms with Crippen LogP contribution in [0.1, 0.15) is 6.42 Å². The molecular weight excluding hydrogens is 352 g/mol. The number of hydrogen-bond acceptors (Lipinski definition) is 6. The van der Waals surface area contributed by atoms with Crippen LogP contribution in [-0.4, -0.2) is 71.7 Å². The van der Waals surface area contributed by atoms with Crippen LogP contribution in [0, 0.1) is 0 Å². The molecule has 1 aromatic heterocycles. The van der Waals surface area contributed by atoms with Crippen LogP contribution in [0.25, 0.3) is 11.0 Å². The molecule has 1 aliphatic heterocycles. The Morgan fingerprint density at radius 3 is 2.89 bits per heavy atom. The third-order valence-electron chi connectivity index (χ3n) is 4.95. The van der Waals surface area contributed by atoms with Gasteiger partial charge >= 0.3 is 6.09 Å². The van der Waals surface area contributed by atoms with Crippen LogP contribution >= 0.6 is 0 Å². The van der Waals surface area contributed by atoms with Crippen LogP contribution in [0.4, 0.5) is 4.79 Å². The lowest BCUT2D eigenvalue weighted by Gasteiger charge is -2.37. The number of fused-ring (bicyclic) bond motifs is 1. The van der Waals surface area contributed by atoms with E-state index in [1.165, 1.54) is 6.20 Å². The fourth-order valence-electron chi connectivity index (χ4n) is 3.49. The van der Waals surface area contributed by atoms with Gasteiger partial charge in [0.2, 0.25) is 0 Å². The van der Waals surface area contributed by atoms with E-state index in [2.05, 4.69) is 15.2 Å². The quantitative estimate of drug-likeness (QED) is 0.767. The van der Waals surface area contributed by atoms with E-state index in [-0.39, 0.29) is 17.7 Å². The summed E-state index contributed by atoms with van der Waals surface area (Å²) in [5.74, 6) is 0.670. The van der Waals surface area contributed by atoms with Crippen molar-refractivity contribution in [2.45, 2.75) is 25.1 Å². The molecule has 9 heteroatoms. The Bertz CT molecular complexity index is 868. The number of benzene rings is 1. The lowest BCUT2D eigenvalue weighted by molar-refractivity contribution is 0.00609. The van der Waals surface area contributed by atoms with Crippen LogP contribution in [-0.2, 0) is 11.3 Å². The molecule has 2 heterocycles. The Kier molecular flexibility index (Phi) is 5.92. The van der Waals surface area contributed by atoms with Crippen molar-refractivity contribution in [3.8, 4) is 5.75 Å². The molecule has 1 aliphatic rings. The van der Waals surface area contributed by atoms with Gasteiger partial charge in [-0.15, -0.1) is 0 Å². The summed E-state index contributed by atoms with van der Waals surface area (Å²) in [4.78, 5) is 29.6. The highest BCUT2D eigenvalue weighted by Gasteiger charge is 2.30. The molecule has 0 aliphatic carbocycles. The first kappa shape index (κ1) is 19.1.